The molecule has 1 unspecified atom stereocenters. The summed E-state index contributed by atoms with van der Waals surface area (Å²) in [5.41, 5.74) is 4.32. The van der Waals surface area contributed by atoms with Gasteiger partial charge in [-0.1, -0.05) is 24.1 Å². The van der Waals surface area contributed by atoms with E-state index in [2.05, 4.69) is 46.1 Å². The molecule has 1 aliphatic heterocycles. The lowest BCUT2D eigenvalue weighted by Crippen LogP contribution is -2.36. The Morgan fingerprint density at radius 2 is 2.04 bits per heavy atom. The molecule has 118 valence electrons. The number of hydrogen-bond acceptors (Lipinski definition) is 3. The summed E-state index contributed by atoms with van der Waals surface area (Å²) in [5, 5.41) is 3.63. The van der Waals surface area contributed by atoms with Crippen LogP contribution >= 0.6 is 0 Å². The van der Waals surface area contributed by atoms with Gasteiger partial charge in [-0.05, 0) is 50.6 Å². The number of aromatic nitrogens is 3. The predicted octanol–water partition coefficient (Wildman–Crippen LogP) is 3.41. The fourth-order valence-electron chi connectivity index (χ4n) is 3.38. The lowest BCUT2D eigenvalue weighted by molar-refractivity contribution is 0.393. The lowest BCUT2D eigenvalue weighted by atomic mass is 10.0. The molecule has 0 amide bonds. The summed E-state index contributed by atoms with van der Waals surface area (Å²) in [6.07, 6.45) is 6.61. The van der Waals surface area contributed by atoms with Gasteiger partial charge in [-0.15, -0.1) is 0 Å². The van der Waals surface area contributed by atoms with Crippen LogP contribution in [0.2, 0.25) is 0 Å². The van der Waals surface area contributed by atoms with Crippen LogP contribution in [0, 0.1) is 6.92 Å². The molecule has 0 radical (unpaired) electrons. The summed E-state index contributed by atoms with van der Waals surface area (Å²) in [7, 11) is 0. The Balaban J connectivity index is 1.79. The van der Waals surface area contributed by atoms with Crippen molar-refractivity contribution in [1.82, 2.24) is 19.9 Å². The Kier molecular flexibility index (Phi) is 3.83. The number of piperidine rings is 1. The topological polar surface area (TPSA) is 42.7 Å². The summed E-state index contributed by atoms with van der Waals surface area (Å²) >= 11 is 0. The Morgan fingerprint density at radius 1 is 1.17 bits per heavy atom. The first-order valence-electron chi connectivity index (χ1n) is 8.44. The van der Waals surface area contributed by atoms with Crippen molar-refractivity contribution in [1.29, 1.82) is 0 Å². The molecule has 23 heavy (non-hydrogen) atoms. The van der Waals surface area contributed by atoms with E-state index in [1.54, 1.807) is 0 Å². The third kappa shape index (κ3) is 2.86. The van der Waals surface area contributed by atoms with Gasteiger partial charge in [0, 0.05) is 24.3 Å². The SMILES string of the molecule is Cc1ccc(-n2c(CC3CCCCN3)nc3cccnc32)cc1. The van der Waals surface area contributed by atoms with Gasteiger partial charge in [0.15, 0.2) is 5.65 Å². The third-order valence-corrected chi connectivity index (χ3v) is 4.62. The van der Waals surface area contributed by atoms with E-state index >= 15 is 0 Å². The van der Waals surface area contributed by atoms with Gasteiger partial charge in [0.05, 0.1) is 0 Å². The first-order chi connectivity index (χ1) is 11.3. The second-order valence-corrected chi connectivity index (χ2v) is 6.40. The molecule has 4 heteroatoms. The second-order valence-electron chi connectivity index (χ2n) is 6.40. The van der Waals surface area contributed by atoms with Crippen LogP contribution in [0.4, 0.5) is 0 Å². The summed E-state index contributed by atoms with van der Waals surface area (Å²) in [6, 6.07) is 13.1. The predicted molar refractivity (Wildman–Crippen MR) is 92.9 cm³/mol. The van der Waals surface area contributed by atoms with Crippen molar-refractivity contribution in [2.75, 3.05) is 6.54 Å². The molecular weight excluding hydrogens is 284 g/mol. The summed E-state index contributed by atoms with van der Waals surface area (Å²) < 4.78 is 2.21. The zero-order chi connectivity index (χ0) is 15.6. The van der Waals surface area contributed by atoms with Gasteiger partial charge in [0.1, 0.15) is 11.3 Å². The fraction of sp³-hybridized carbons (Fsp3) is 0.368. The van der Waals surface area contributed by atoms with Crippen molar-refractivity contribution in [3.8, 4) is 5.69 Å². The Hall–Kier alpha value is -2.20. The molecule has 4 rings (SSSR count). The van der Waals surface area contributed by atoms with E-state index in [-0.39, 0.29) is 0 Å². The van der Waals surface area contributed by atoms with E-state index in [1.807, 2.05) is 18.3 Å². The van der Waals surface area contributed by atoms with E-state index in [0.717, 1.165) is 35.6 Å². The van der Waals surface area contributed by atoms with Crippen LogP contribution in [0.3, 0.4) is 0 Å². The molecule has 0 bridgehead atoms. The first-order valence-corrected chi connectivity index (χ1v) is 8.44. The number of rotatable bonds is 3. The zero-order valence-corrected chi connectivity index (χ0v) is 13.5. The minimum absolute atomic E-state index is 0.518. The maximum absolute atomic E-state index is 4.87. The highest BCUT2D eigenvalue weighted by molar-refractivity contribution is 5.73. The van der Waals surface area contributed by atoms with Crippen LogP contribution in [0.15, 0.2) is 42.6 Å². The number of aryl methyl sites for hydroxylation is 1. The molecule has 1 atom stereocenters. The normalized spacial score (nSPS) is 18.4. The van der Waals surface area contributed by atoms with Crippen LogP contribution in [0.25, 0.3) is 16.9 Å². The molecule has 1 fully saturated rings. The fourth-order valence-corrected chi connectivity index (χ4v) is 3.38. The molecule has 3 heterocycles. The summed E-state index contributed by atoms with van der Waals surface area (Å²) in [6.45, 7) is 3.23. The third-order valence-electron chi connectivity index (χ3n) is 4.62. The summed E-state index contributed by atoms with van der Waals surface area (Å²) in [5.74, 6) is 1.10. The first kappa shape index (κ1) is 14.4. The van der Waals surface area contributed by atoms with E-state index in [0.29, 0.717) is 6.04 Å². The van der Waals surface area contributed by atoms with Crippen molar-refractivity contribution >= 4 is 11.2 Å². The molecule has 0 saturated carbocycles. The largest absolute Gasteiger partial charge is 0.314 e. The number of nitrogens with one attached hydrogen (secondary N) is 1. The molecule has 0 spiro atoms. The number of benzene rings is 1. The maximum atomic E-state index is 4.87. The van der Waals surface area contributed by atoms with E-state index < -0.39 is 0 Å². The van der Waals surface area contributed by atoms with Gasteiger partial charge in [-0.3, -0.25) is 4.57 Å². The number of pyridine rings is 1. The average molecular weight is 306 g/mol. The molecule has 4 nitrogen and oxygen atoms in total. The van der Waals surface area contributed by atoms with Crippen molar-refractivity contribution in [2.24, 2.45) is 0 Å². The minimum Gasteiger partial charge on any atom is -0.314 e. The zero-order valence-electron chi connectivity index (χ0n) is 13.5. The van der Waals surface area contributed by atoms with Crippen LogP contribution in [-0.2, 0) is 6.42 Å². The Morgan fingerprint density at radius 3 is 2.83 bits per heavy atom. The van der Waals surface area contributed by atoms with Crippen LogP contribution < -0.4 is 5.32 Å². The van der Waals surface area contributed by atoms with E-state index in [1.165, 1.54) is 24.8 Å². The average Bonchev–Trinajstić information content (AvgIpc) is 2.94. The molecule has 0 aliphatic carbocycles. The highest BCUT2D eigenvalue weighted by Gasteiger charge is 2.19. The quantitative estimate of drug-likeness (QED) is 0.806. The van der Waals surface area contributed by atoms with Gasteiger partial charge in [-0.2, -0.15) is 0 Å². The highest BCUT2D eigenvalue weighted by Crippen LogP contribution is 2.22. The number of hydrogen-bond donors (Lipinski definition) is 1. The Labute approximate surface area is 136 Å². The molecule has 3 aromatic rings. The van der Waals surface area contributed by atoms with Crippen LogP contribution in [0.1, 0.15) is 30.7 Å². The monoisotopic (exact) mass is 306 g/mol. The van der Waals surface area contributed by atoms with Crippen LogP contribution in [-0.4, -0.2) is 27.1 Å². The van der Waals surface area contributed by atoms with E-state index in [9.17, 15) is 0 Å². The number of imidazole rings is 1. The minimum atomic E-state index is 0.518. The highest BCUT2D eigenvalue weighted by atomic mass is 15.1. The number of nitrogens with zero attached hydrogens (tertiary/aromatic N) is 3. The van der Waals surface area contributed by atoms with Gasteiger partial charge >= 0.3 is 0 Å². The van der Waals surface area contributed by atoms with Gasteiger partial charge in [-0.25, -0.2) is 9.97 Å². The van der Waals surface area contributed by atoms with E-state index in [4.69, 9.17) is 4.98 Å². The molecule has 1 N–H and O–H groups in total. The standard InChI is InChI=1S/C19H22N4/c1-14-7-9-16(10-8-14)23-18(13-15-5-2-3-11-20-15)22-17-6-4-12-21-19(17)23/h4,6-10,12,15,20H,2-3,5,11,13H2,1H3. The van der Waals surface area contributed by atoms with Crippen LogP contribution in [0.5, 0.6) is 0 Å². The van der Waals surface area contributed by atoms with Crippen molar-refractivity contribution < 1.29 is 0 Å². The lowest BCUT2D eigenvalue weighted by Gasteiger charge is -2.23. The molecule has 1 saturated heterocycles. The van der Waals surface area contributed by atoms with Crippen molar-refractivity contribution in [3.63, 3.8) is 0 Å². The van der Waals surface area contributed by atoms with Gasteiger partial charge in [0.25, 0.3) is 0 Å². The maximum Gasteiger partial charge on any atom is 0.164 e. The van der Waals surface area contributed by atoms with Gasteiger partial charge in [0.2, 0.25) is 0 Å². The molecule has 1 aromatic carbocycles. The molecule has 2 aromatic heterocycles. The molecule has 1 aliphatic rings. The smallest absolute Gasteiger partial charge is 0.164 e. The number of fused-ring (bicyclic) bond motifs is 1. The second kappa shape index (κ2) is 6.13. The summed E-state index contributed by atoms with van der Waals surface area (Å²) in [4.78, 5) is 9.44. The van der Waals surface area contributed by atoms with Crippen molar-refractivity contribution in [2.45, 2.75) is 38.6 Å². The van der Waals surface area contributed by atoms with Gasteiger partial charge < -0.3 is 5.32 Å². The van der Waals surface area contributed by atoms with Crippen molar-refractivity contribution in [3.05, 3.63) is 54.0 Å². The molecular formula is C19H22N4. The Bertz CT molecular complexity index is 798.